The molecule has 2 rings (SSSR count). The molecular formula is C17H22N2O. The molecular weight excluding hydrogens is 248 g/mol. The maximum atomic E-state index is 12.5. The van der Waals surface area contributed by atoms with Gasteiger partial charge in [0.05, 0.1) is 5.69 Å². The molecule has 1 aromatic heterocycles. The minimum Gasteiger partial charge on any atom is -0.273 e. The van der Waals surface area contributed by atoms with Gasteiger partial charge in [-0.1, -0.05) is 44.2 Å². The Kier molecular flexibility index (Phi) is 4.38. The van der Waals surface area contributed by atoms with Crippen LogP contribution in [0.25, 0.3) is 0 Å². The van der Waals surface area contributed by atoms with Crippen molar-refractivity contribution in [2.24, 2.45) is 5.92 Å². The van der Waals surface area contributed by atoms with Crippen LogP contribution in [-0.4, -0.2) is 15.7 Å². The van der Waals surface area contributed by atoms with E-state index < -0.39 is 0 Å². The van der Waals surface area contributed by atoms with Gasteiger partial charge < -0.3 is 0 Å². The molecule has 1 atom stereocenters. The number of hydrogen-bond donors (Lipinski definition) is 0. The van der Waals surface area contributed by atoms with Crippen molar-refractivity contribution in [3.05, 3.63) is 53.3 Å². The molecule has 0 saturated heterocycles. The molecule has 0 amide bonds. The standard InChI is InChI=1S/C17H22N2O/c1-12(2)16(15-8-6-5-7-9-15)11-17(20)19-14(4)10-13(3)18-19/h5-10,12,16H,11H2,1-4H3. The quantitative estimate of drug-likeness (QED) is 0.842. The second-order valence-electron chi connectivity index (χ2n) is 5.70. The van der Waals surface area contributed by atoms with E-state index in [2.05, 4.69) is 31.1 Å². The zero-order valence-electron chi connectivity index (χ0n) is 12.6. The highest BCUT2D eigenvalue weighted by Crippen LogP contribution is 2.28. The van der Waals surface area contributed by atoms with Crippen LogP contribution in [0, 0.1) is 19.8 Å². The average Bonchev–Trinajstić information content (AvgIpc) is 2.75. The van der Waals surface area contributed by atoms with Gasteiger partial charge in [0, 0.05) is 12.1 Å². The van der Waals surface area contributed by atoms with Crippen molar-refractivity contribution in [3.63, 3.8) is 0 Å². The van der Waals surface area contributed by atoms with Gasteiger partial charge >= 0.3 is 0 Å². The lowest BCUT2D eigenvalue weighted by molar-refractivity contribution is 0.0866. The van der Waals surface area contributed by atoms with E-state index in [1.54, 1.807) is 0 Å². The maximum absolute atomic E-state index is 12.5. The summed E-state index contributed by atoms with van der Waals surface area (Å²) in [5, 5.41) is 4.28. The highest BCUT2D eigenvalue weighted by atomic mass is 16.2. The van der Waals surface area contributed by atoms with E-state index in [4.69, 9.17) is 0 Å². The Hall–Kier alpha value is -1.90. The molecule has 0 aliphatic carbocycles. The fourth-order valence-corrected chi connectivity index (χ4v) is 2.59. The molecule has 0 radical (unpaired) electrons. The number of carbonyl (C=O) groups excluding carboxylic acids is 1. The van der Waals surface area contributed by atoms with Crippen molar-refractivity contribution >= 4 is 5.91 Å². The molecule has 1 aromatic carbocycles. The second-order valence-corrected chi connectivity index (χ2v) is 5.70. The van der Waals surface area contributed by atoms with Crippen LogP contribution in [0.2, 0.25) is 0 Å². The summed E-state index contributed by atoms with van der Waals surface area (Å²) in [7, 11) is 0. The number of aryl methyl sites for hydroxylation is 2. The summed E-state index contributed by atoms with van der Waals surface area (Å²) in [6.07, 6.45) is 0.490. The van der Waals surface area contributed by atoms with E-state index in [1.165, 1.54) is 10.2 Å². The lowest BCUT2D eigenvalue weighted by atomic mass is 9.85. The predicted octanol–water partition coefficient (Wildman–Crippen LogP) is 3.97. The molecule has 0 aliphatic rings. The summed E-state index contributed by atoms with van der Waals surface area (Å²) in [6.45, 7) is 8.15. The highest BCUT2D eigenvalue weighted by molar-refractivity contribution is 5.79. The van der Waals surface area contributed by atoms with Crippen LogP contribution in [0.1, 0.15) is 47.9 Å². The van der Waals surface area contributed by atoms with Crippen LogP contribution in [0.5, 0.6) is 0 Å². The van der Waals surface area contributed by atoms with Crippen molar-refractivity contribution < 1.29 is 4.79 Å². The van der Waals surface area contributed by atoms with Gasteiger partial charge in [-0.25, -0.2) is 4.68 Å². The number of benzene rings is 1. The monoisotopic (exact) mass is 270 g/mol. The van der Waals surface area contributed by atoms with Gasteiger partial charge in [0.25, 0.3) is 0 Å². The lowest BCUT2D eigenvalue weighted by Gasteiger charge is -2.20. The predicted molar refractivity (Wildman–Crippen MR) is 81.0 cm³/mol. The van der Waals surface area contributed by atoms with Crippen LogP contribution in [-0.2, 0) is 0 Å². The summed E-state index contributed by atoms with van der Waals surface area (Å²) in [5.41, 5.74) is 3.01. The Morgan fingerprint density at radius 3 is 2.35 bits per heavy atom. The van der Waals surface area contributed by atoms with Crippen molar-refractivity contribution in [1.29, 1.82) is 0 Å². The third-order valence-corrected chi connectivity index (χ3v) is 3.67. The van der Waals surface area contributed by atoms with E-state index in [0.717, 1.165) is 11.4 Å². The molecule has 2 aromatic rings. The van der Waals surface area contributed by atoms with E-state index in [9.17, 15) is 4.79 Å². The van der Waals surface area contributed by atoms with E-state index in [0.29, 0.717) is 12.3 Å². The first-order valence-corrected chi connectivity index (χ1v) is 7.10. The second kappa shape index (κ2) is 6.04. The molecule has 1 unspecified atom stereocenters. The normalized spacial score (nSPS) is 12.7. The molecule has 0 spiro atoms. The molecule has 3 nitrogen and oxygen atoms in total. The zero-order chi connectivity index (χ0) is 14.7. The average molecular weight is 270 g/mol. The maximum Gasteiger partial charge on any atom is 0.247 e. The fraction of sp³-hybridized carbons (Fsp3) is 0.412. The summed E-state index contributed by atoms with van der Waals surface area (Å²) in [4.78, 5) is 12.5. The smallest absolute Gasteiger partial charge is 0.247 e. The van der Waals surface area contributed by atoms with Gasteiger partial charge in [-0.2, -0.15) is 5.10 Å². The van der Waals surface area contributed by atoms with E-state index >= 15 is 0 Å². The highest BCUT2D eigenvalue weighted by Gasteiger charge is 2.21. The van der Waals surface area contributed by atoms with Gasteiger partial charge in [-0.15, -0.1) is 0 Å². The summed E-state index contributed by atoms with van der Waals surface area (Å²) in [5.74, 6) is 0.712. The van der Waals surface area contributed by atoms with E-state index in [-0.39, 0.29) is 11.8 Å². The fourth-order valence-electron chi connectivity index (χ4n) is 2.59. The number of nitrogens with zero attached hydrogens (tertiary/aromatic N) is 2. The molecule has 106 valence electrons. The molecule has 0 N–H and O–H groups in total. The Bertz CT molecular complexity index is 584. The Morgan fingerprint density at radius 2 is 1.85 bits per heavy atom. The van der Waals surface area contributed by atoms with Crippen LogP contribution >= 0.6 is 0 Å². The van der Waals surface area contributed by atoms with Gasteiger partial charge in [0.15, 0.2) is 0 Å². The van der Waals surface area contributed by atoms with Crippen LogP contribution in [0.4, 0.5) is 0 Å². The van der Waals surface area contributed by atoms with Crippen molar-refractivity contribution in [3.8, 4) is 0 Å². The first-order valence-electron chi connectivity index (χ1n) is 7.10. The Morgan fingerprint density at radius 1 is 1.20 bits per heavy atom. The van der Waals surface area contributed by atoms with Crippen LogP contribution in [0.3, 0.4) is 0 Å². The molecule has 0 saturated carbocycles. The molecule has 20 heavy (non-hydrogen) atoms. The summed E-state index contributed by atoms with van der Waals surface area (Å²) < 4.78 is 1.54. The molecule has 1 heterocycles. The lowest BCUT2D eigenvalue weighted by Crippen LogP contribution is -2.20. The first kappa shape index (κ1) is 14.5. The number of hydrogen-bond acceptors (Lipinski definition) is 2. The van der Waals surface area contributed by atoms with Gasteiger partial charge in [-0.05, 0) is 37.3 Å². The third-order valence-electron chi connectivity index (χ3n) is 3.67. The molecule has 0 fully saturated rings. The van der Waals surface area contributed by atoms with E-state index in [1.807, 2.05) is 38.1 Å². The Labute approximate surface area is 120 Å². The summed E-state index contributed by atoms with van der Waals surface area (Å²) >= 11 is 0. The SMILES string of the molecule is Cc1cc(C)n(C(=O)CC(c2ccccc2)C(C)C)n1. The number of rotatable bonds is 4. The number of aromatic nitrogens is 2. The number of carbonyl (C=O) groups is 1. The van der Waals surface area contributed by atoms with Crippen molar-refractivity contribution in [2.75, 3.05) is 0 Å². The van der Waals surface area contributed by atoms with Gasteiger partial charge in [0.1, 0.15) is 0 Å². The molecule has 0 aliphatic heterocycles. The van der Waals surface area contributed by atoms with Crippen molar-refractivity contribution in [2.45, 2.75) is 40.0 Å². The topological polar surface area (TPSA) is 34.9 Å². The van der Waals surface area contributed by atoms with Gasteiger partial charge in [-0.3, -0.25) is 4.79 Å². The van der Waals surface area contributed by atoms with Crippen LogP contribution in [0.15, 0.2) is 36.4 Å². The minimum absolute atomic E-state index is 0.0677. The minimum atomic E-state index is 0.0677. The van der Waals surface area contributed by atoms with Gasteiger partial charge in [0.2, 0.25) is 5.91 Å². The molecule has 3 heteroatoms. The Balaban J connectivity index is 2.21. The first-order chi connectivity index (χ1) is 9.49. The molecule has 0 bridgehead atoms. The van der Waals surface area contributed by atoms with Crippen molar-refractivity contribution in [1.82, 2.24) is 9.78 Å². The third kappa shape index (κ3) is 3.16. The van der Waals surface area contributed by atoms with Crippen LogP contribution < -0.4 is 0 Å². The summed E-state index contributed by atoms with van der Waals surface area (Å²) in [6, 6.07) is 12.2. The zero-order valence-corrected chi connectivity index (χ0v) is 12.6. The largest absolute Gasteiger partial charge is 0.273 e.